The molecule has 2 amide bonds. The number of halogens is 2. The van der Waals surface area contributed by atoms with Gasteiger partial charge in [-0.3, -0.25) is 9.59 Å². The third-order valence-corrected chi connectivity index (χ3v) is 4.74. The number of amides is 2. The molecule has 0 heterocycles. The van der Waals surface area contributed by atoms with Crippen LogP contribution in [-0.2, 0) is 22.7 Å². The summed E-state index contributed by atoms with van der Waals surface area (Å²) in [7, 11) is 0. The number of ether oxygens (including phenoxy) is 1. The quantitative estimate of drug-likeness (QED) is 0.316. The summed E-state index contributed by atoms with van der Waals surface area (Å²) in [6.45, 7) is 0.531. The first-order valence-electron chi connectivity index (χ1n) is 9.33. The monoisotopic (exact) mass is 455 g/mol. The Kier molecular flexibility index (Phi) is 8.04. The van der Waals surface area contributed by atoms with Crippen molar-refractivity contribution >= 4 is 41.2 Å². The average Bonchev–Trinajstić information content (AvgIpc) is 2.78. The molecule has 0 unspecified atom stereocenters. The zero-order chi connectivity index (χ0) is 22.1. The molecule has 0 fully saturated rings. The lowest BCUT2D eigenvalue weighted by Crippen LogP contribution is -2.37. The molecule has 0 aliphatic carbocycles. The molecule has 3 aromatic carbocycles. The van der Waals surface area contributed by atoms with E-state index < -0.39 is 11.8 Å². The molecule has 0 atom stereocenters. The molecule has 3 aromatic rings. The summed E-state index contributed by atoms with van der Waals surface area (Å²) in [6.07, 6.45) is 1.42. The standard InChI is InChI=1S/C23H19Cl2N3O3/c24-19-10-9-18(21(25)12-19)15-31-20-8-4-7-17(11-20)14-27-28-23(30)22(29)26-13-16-5-2-1-3-6-16/h1-12,14H,13,15H2,(H,26,29)(H,28,30)/b27-14-. The largest absolute Gasteiger partial charge is 0.489 e. The lowest BCUT2D eigenvalue weighted by molar-refractivity contribution is -0.139. The zero-order valence-corrected chi connectivity index (χ0v) is 17.9. The fourth-order valence-electron chi connectivity index (χ4n) is 2.56. The van der Waals surface area contributed by atoms with Crippen LogP contribution in [0.4, 0.5) is 0 Å². The van der Waals surface area contributed by atoms with Gasteiger partial charge in [0.1, 0.15) is 12.4 Å². The summed E-state index contributed by atoms with van der Waals surface area (Å²) >= 11 is 12.0. The second-order valence-electron chi connectivity index (χ2n) is 6.46. The molecule has 0 bridgehead atoms. The van der Waals surface area contributed by atoms with Crippen LogP contribution in [0.25, 0.3) is 0 Å². The van der Waals surface area contributed by atoms with E-state index in [1.54, 1.807) is 42.5 Å². The van der Waals surface area contributed by atoms with Gasteiger partial charge in [0.05, 0.1) is 6.21 Å². The summed E-state index contributed by atoms with van der Waals surface area (Å²) in [5.74, 6) is -1.02. The van der Waals surface area contributed by atoms with E-state index in [2.05, 4.69) is 15.8 Å². The highest BCUT2D eigenvalue weighted by Gasteiger charge is 2.11. The lowest BCUT2D eigenvalue weighted by atomic mass is 10.2. The molecule has 0 saturated carbocycles. The summed E-state index contributed by atoms with van der Waals surface area (Å²) in [5.41, 5.74) is 4.59. The van der Waals surface area contributed by atoms with E-state index in [1.807, 2.05) is 30.3 Å². The number of rotatable bonds is 7. The molecule has 3 rings (SSSR count). The molecule has 0 aliphatic rings. The predicted octanol–water partition coefficient (Wildman–Crippen LogP) is 4.34. The smallest absolute Gasteiger partial charge is 0.329 e. The number of carbonyl (C=O) groups is 2. The van der Waals surface area contributed by atoms with Gasteiger partial charge >= 0.3 is 11.8 Å². The molecule has 158 valence electrons. The fourth-order valence-corrected chi connectivity index (χ4v) is 3.02. The van der Waals surface area contributed by atoms with E-state index in [9.17, 15) is 9.59 Å². The van der Waals surface area contributed by atoms with Gasteiger partial charge in [-0.1, -0.05) is 71.7 Å². The highest BCUT2D eigenvalue weighted by Crippen LogP contribution is 2.23. The summed E-state index contributed by atoms with van der Waals surface area (Å²) in [5, 5.41) is 7.44. The van der Waals surface area contributed by atoms with Crippen LogP contribution in [0.3, 0.4) is 0 Å². The van der Waals surface area contributed by atoms with Gasteiger partial charge < -0.3 is 10.1 Å². The Labute approximate surface area is 189 Å². The van der Waals surface area contributed by atoms with Crippen LogP contribution < -0.4 is 15.5 Å². The van der Waals surface area contributed by atoms with E-state index in [4.69, 9.17) is 27.9 Å². The highest BCUT2D eigenvalue weighted by atomic mass is 35.5. The normalized spacial score (nSPS) is 10.6. The fraction of sp³-hybridized carbons (Fsp3) is 0.0870. The highest BCUT2D eigenvalue weighted by molar-refractivity contribution is 6.35. The Morgan fingerprint density at radius 1 is 0.935 bits per heavy atom. The third kappa shape index (κ3) is 7.13. The molecule has 2 N–H and O–H groups in total. The second-order valence-corrected chi connectivity index (χ2v) is 7.31. The van der Waals surface area contributed by atoms with Crippen LogP contribution in [0, 0.1) is 0 Å². The van der Waals surface area contributed by atoms with Gasteiger partial charge in [0.25, 0.3) is 0 Å². The van der Waals surface area contributed by atoms with Crippen LogP contribution in [0.5, 0.6) is 5.75 Å². The van der Waals surface area contributed by atoms with E-state index in [0.29, 0.717) is 21.4 Å². The number of carbonyl (C=O) groups excluding carboxylic acids is 2. The number of benzene rings is 3. The Balaban J connectivity index is 1.49. The van der Waals surface area contributed by atoms with E-state index in [0.717, 1.165) is 11.1 Å². The van der Waals surface area contributed by atoms with Crippen molar-refractivity contribution in [3.05, 3.63) is 99.5 Å². The van der Waals surface area contributed by atoms with Crippen LogP contribution in [-0.4, -0.2) is 18.0 Å². The van der Waals surface area contributed by atoms with Gasteiger partial charge in [0.15, 0.2) is 0 Å². The number of hydrogen-bond acceptors (Lipinski definition) is 4. The van der Waals surface area contributed by atoms with Crippen molar-refractivity contribution in [1.82, 2.24) is 10.7 Å². The van der Waals surface area contributed by atoms with Crippen LogP contribution in [0.2, 0.25) is 10.0 Å². The minimum atomic E-state index is -0.850. The van der Waals surface area contributed by atoms with Crippen molar-refractivity contribution in [2.75, 3.05) is 0 Å². The van der Waals surface area contributed by atoms with Crippen molar-refractivity contribution < 1.29 is 14.3 Å². The third-order valence-electron chi connectivity index (χ3n) is 4.15. The summed E-state index contributed by atoms with van der Waals surface area (Å²) in [6, 6.07) is 21.6. The summed E-state index contributed by atoms with van der Waals surface area (Å²) in [4.78, 5) is 23.7. The van der Waals surface area contributed by atoms with Gasteiger partial charge in [0, 0.05) is 22.2 Å². The van der Waals surface area contributed by atoms with E-state index in [1.165, 1.54) is 6.21 Å². The molecule has 0 saturated heterocycles. The Bertz CT molecular complexity index is 1090. The van der Waals surface area contributed by atoms with Gasteiger partial charge in [-0.2, -0.15) is 5.10 Å². The SMILES string of the molecule is O=C(NCc1ccccc1)C(=O)N/N=C\c1cccc(OCc2ccc(Cl)cc2Cl)c1. The maximum absolute atomic E-state index is 11.9. The molecular weight excluding hydrogens is 437 g/mol. The van der Waals surface area contributed by atoms with Crippen molar-refractivity contribution in [2.45, 2.75) is 13.2 Å². The minimum absolute atomic E-state index is 0.258. The number of hydrogen-bond donors (Lipinski definition) is 2. The van der Waals surface area contributed by atoms with Crippen molar-refractivity contribution in [2.24, 2.45) is 5.10 Å². The maximum Gasteiger partial charge on any atom is 0.329 e. The van der Waals surface area contributed by atoms with Gasteiger partial charge in [-0.15, -0.1) is 0 Å². The predicted molar refractivity (Wildman–Crippen MR) is 121 cm³/mol. The molecule has 0 aliphatic heterocycles. The van der Waals surface area contributed by atoms with Crippen LogP contribution in [0.15, 0.2) is 77.9 Å². The molecule has 0 spiro atoms. The van der Waals surface area contributed by atoms with Crippen LogP contribution >= 0.6 is 23.2 Å². The molecule has 6 nitrogen and oxygen atoms in total. The molecular formula is C23H19Cl2N3O3. The van der Waals surface area contributed by atoms with E-state index in [-0.39, 0.29) is 13.2 Å². The van der Waals surface area contributed by atoms with Crippen molar-refractivity contribution in [3.8, 4) is 5.75 Å². The number of nitrogens with one attached hydrogen (secondary N) is 2. The van der Waals surface area contributed by atoms with Crippen LogP contribution in [0.1, 0.15) is 16.7 Å². The number of nitrogens with zero attached hydrogens (tertiary/aromatic N) is 1. The first-order valence-corrected chi connectivity index (χ1v) is 10.1. The Morgan fingerprint density at radius 3 is 2.52 bits per heavy atom. The van der Waals surface area contributed by atoms with E-state index >= 15 is 0 Å². The Morgan fingerprint density at radius 2 is 1.74 bits per heavy atom. The van der Waals surface area contributed by atoms with Gasteiger partial charge in [-0.05, 0) is 35.4 Å². The zero-order valence-electron chi connectivity index (χ0n) is 16.3. The molecule has 8 heteroatoms. The number of hydrazone groups is 1. The van der Waals surface area contributed by atoms with Crippen molar-refractivity contribution in [1.29, 1.82) is 0 Å². The first kappa shape index (κ1) is 22.3. The lowest BCUT2D eigenvalue weighted by Gasteiger charge is -2.08. The average molecular weight is 456 g/mol. The minimum Gasteiger partial charge on any atom is -0.489 e. The molecule has 31 heavy (non-hydrogen) atoms. The molecule has 0 aromatic heterocycles. The second kappa shape index (κ2) is 11.2. The topological polar surface area (TPSA) is 79.8 Å². The molecule has 0 radical (unpaired) electrons. The first-order chi connectivity index (χ1) is 15.0. The maximum atomic E-state index is 11.9. The van der Waals surface area contributed by atoms with Gasteiger partial charge in [-0.25, -0.2) is 5.43 Å². The summed E-state index contributed by atoms with van der Waals surface area (Å²) < 4.78 is 5.75. The van der Waals surface area contributed by atoms with Crippen molar-refractivity contribution in [3.63, 3.8) is 0 Å². The van der Waals surface area contributed by atoms with Gasteiger partial charge in [0.2, 0.25) is 0 Å². The Hall–Kier alpha value is -3.35.